The largest absolute Gasteiger partial charge is 0.393 e. The molecule has 174 valence electrons. The predicted octanol–water partition coefficient (Wildman–Crippen LogP) is 5.41. The fourth-order valence-corrected chi connectivity index (χ4v) is 7.01. The number of hydrogen-bond donors (Lipinski definition) is 3. The summed E-state index contributed by atoms with van der Waals surface area (Å²) >= 11 is 0. The highest BCUT2D eigenvalue weighted by molar-refractivity contribution is 5.38. The van der Waals surface area contributed by atoms with Crippen molar-refractivity contribution in [2.24, 2.45) is 23.2 Å². The molecule has 0 aromatic carbocycles. The van der Waals surface area contributed by atoms with Crippen LogP contribution >= 0.6 is 0 Å². The van der Waals surface area contributed by atoms with Gasteiger partial charge in [-0.1, -0.05) is 31.2 Å². The molecule has 0 saturated heterocycles. The lowest BCUT2D eigenvalue weighted by Crippen LogP contribution is -2.43. The minimum Gasteiger partial charge on any atom is -0.393 e. The number of rotatable bonds is 6. The lowest BCUT2D eigenvalue weighted by atomic mass is 9.60. The van der Waals surface area contributed by atoms with E-state index in [0.717, 1.165) is 56.1 Å². The van der Waals surface area contributed by atoms with Crippen LogP contribution in [0.5, 0.6) is 0 Å². The first-order valence-electron chi connectivity index (χ1n) is 12.4. The van der Waals surface area contributed by atoms with Gasteiger partial charge in [0.05, 0.1) is 18.3 Å². The summed E-state index contributed by atoms with van der Waals surface area (Å²) in [5.74, 6) is 0.825. The van der Waals surface area contributed by atoms with E-state index in [9.17, 15) is 15.3 Å². The Labute approximate surface area is 187 Å². The van der Waals surface area contributed by atoms with E-state index in [4.69, 9.17) is 0 Å². The van der Waals surface area contributed by atoms with Gasteiger partial charge >= 0.3 is 0 Å². The van der Waals surface area contributed by atoms with Gasteiger partial charge in [-0.05, 0) is 105 Å². The van der Waals surface area contributed by atoms with Gasteiger partial charge in [-0.25, -0.2) is 4.39 Å². The summed E-state index contributed by atoms with van der Waals surface area (Å²) in [6.07, 6.45) is 11.9. The zero-order valence-corrected chi connectivity index (χ0v) is 19.3. The van der Waals surface area contributed by atoms with E-state index >= 15 is 4.39 Å². The van der Waals surface area contributed by atoms with Gasteiger partial charge in [-0.2, -0.15) is 0 Å². The van der Waals surface area contributed by atoms with Crippen LogP contribution < -0.4 is 0 Å². The van der Waals surface area contributed by atoms with Crippen molar-refractivity contribution >= 4 is 0 Å². The zero-order chi connectivity index (χ0) is 22.4. The van der Waals surface area contributed by atoms with E-state index in [0.29, 0.717) is 37.5 Å². The van der Waals surface area contributed by atoms with Gasteiger partial charge in [0.25, 0.3) is 0 Å². The monoisotopic (exact) mass is 432 g/mol. The summed E-state index contributed by atoms with van der Waals surface area (Å²) in [5, 5.41) is 30.4. The van der Waals surface area contributed by atoms with Gasteiger partial charge in [0.15, 0.2) is 0 Å². The Morgan fingerprint density at radius 2 is 1.97 bits per heavy atom. The molecule has 4 rings (SSSR count). The fraction of sp³-hybridized carbons (Fsp3) is 0.778. The minimum absolute atomic E-state index is 0.0287. The maximum atomic E-state index is 16.0. The van der Waals surface area contributed by atoms with E-state index in [-0.39, 0.29) is 17.4 Å². The van der Waals surface area contributed by atoms with E-state index in [1.807, 2.05) is 6.08 Å². The van der Waals surface area contributed by atoms with Crippen molar-refractivity contribution in [2.45, 2.75) is 108 Å². The molecule has 0 bridgehead atoms. The van der Waals surface area contributed by atoms with Gasteiger partial charge < -0.3 is 15.3 Å². The van der Waals surface area contributed by atoms with Crippen molar-refractivity contribution in [2.75, 3.05) is 0 Å². The molecule has 0 radical (unpaired) electrons. The molecule has 31 heavy (non-hydrogen) atoms. The van der Waals surface area contributed by atoms with Crippen LogP contribution in [0.25, 0.3) is 0 Å². The molecule has 4 aliphatic rings. The normalized spacial score (nSPS) is 41.9. The average molecular weight is 433 g/mol. The van der Waals surface area contributed by atoms with Crippen LogP contribution in [0.15, 0.2) is 35.5 Å². The number of alkyl halides is 1. The molecule has 0 heterocycles. The molecule has 0 amide bonds. The topological polar surface area (TPSA) is 60.7 Å². The van der Waals surface area contributed by atoms with Gasteiger partial charge in [0, 0.05) is 6.42 Å². The third-order valence-electron chi connectivity index (χ3n) is 9.05. The van der Waals surface area contributed by atoms with Gasteiger partial charge in [0.1, 0.15) is 5.67 Å². The van der Waals surface area contributed by atoms with Crippen molar-refractivity contribution in [1.82, 2.24) is 0 Å². The Hall–Kier alpha value is -0.970. The molecule has 7 atom stereocenters. The molecule has 3 nitrogen and oxygen atoms in total. The minimum atomic E-state index is -1.24. The molecule has 4 heteroatoms. The molecule has 4 saturated carbocycles. The molecule has 0 spiro atoms. The lowest BCUT2D eigenvalue weighted by molar-refractivity contribution is -0.0112. The standard InChI is InChI=1S/C27H41FO3/c1-17-20(15-21(29)16-24(17)31)9-6-18-5-4-13-26(2)22(18)10-11-25(26)27(3,28)14-12-23(30)19-7-8-19/h6,9,19,21-25,29-31H,1,4-5,7-8,10-16H2,2-3H3/b18-6+,20-9-/t21-,22+,23+,24+,25+,26+,27-/m1/s1. The summed E-state index contributed by atoms with van der Waals surface area (Å²) in [4.78, 5) is 0. The molecule has 4 aliphatic carbocycles. The molecule has 0 unspecified atom stereocenters. The summed E-state index contributed by atoms with van der Waals surface area (Å²) in [7, 11) is 0. The van der Waals surface area contributed by atoms with E-state index in [1.165, 1.54) is 5.57 Å². The Kier molecular flexibility index (Phi) is 6.55. The summed E-state index contributed by atoms with van der Waals surface area (Å²) in [6, 6.07) is 0. The maximum Gasteiger partial charge on any atom is 0.111 e. The second-order valence-electron chi connectivity index (χ2n) is 11.3. The lowest BCUT2D eigenvalue weighted by Gasteiger charge is -2.46. The molecule has 4 fully saturated rings. The Morgan fingerprint density at radius 1 is 1.23 bits per heavy atom. The average Bonchev–Trinajstić information content (AvgIpc) is 3.49. The molecule has 0 aromatic heterocycles. The van der Waals surface area contributed by atoms with Crippen LogP contribution in [-0.2, 0) is 0 Å². The van der Waals surface area contributed by atoms with E-state index in [1.54, 1.807) is 6.92 Å². The first-order chi connectivity index (χ1) is 14.6. The predicted molar refractivity (Wildman–Crippen MR) is 122 cm³/mol. The number of aliphatic hydroxyl groups excluding tert-OH is 3. The zero-order valence-electron chi connectivity index (χ0n) is 19.3. The SMILES string of the molecule is C=C1/C(=C\C=C2/CCC[C@@]3(C)[C@H]2CC[C@@H]3[C@](C)(F)CC[C@H](O)C2CC2)C[C@@H](O)C[C@@H]1O. The first-order valence-corrected chi connectivity index (χ1v) is 12.4. The highest BCUT2D eigenvalue weighted by Crippen LogP contribution is 2.61. The van der Waals surface area contributed by atoms with Crippen molar-refractivity contribution < 1.29 is 19.7 Å². The third kappa shape index (κ3) is 4.72. The quantitative estimate of drug-likeness (QED) is 0.526. The Bertz CT molecular complexity index is 750. The van der Waals surface area contributed by atoms with Gasteiger partial charge in [-0.15, -0.1) is 0 Å². The number of fused-ring (bicyclic) bond motifs is 1. The van der Waals surface area contributed by atoms with Crippen LogP contribution in [0.1, 0.15) is 84.5 Å². The van der Waals surface area contributed by atoms with E-state index in [2.05, 4.69) is 19.6 Å². The van der Waals surface area contributed by atoms with Crippen molar-refractivity contribution in [3.05, 3.63) is 35.5 Å². The van der Waals surface area contributed by atoms with Crippen LogP contribution in [0.4, 0.5) is 4.39 Å². The summed E-state index contributed by atoms with van der Waals surface area (Å²) in [6.45, 7) is 8.09. The molecule has 0 aromatic rings. The van der Waals surface area contributed by atoms with Crippen LogP contribution in [-0.4, -0.2) is 39.3 Å². The second kappa shape index (κ2) is 8.76. The first kappa shape index (κ1) is 23.2. The van der Waals surface area contributed by atoms with Gasteiger partial charge in [0.2, 0.25) is 0 Å². The maximum absolute atomic E-state index is 16.0. The van der Waals surface area contributed by atoms with Crippen molar-refractivity contribution in [1.29, 1.82) is 0 Å². The van der Waals surface area contributed by atoms with E-state index < -0.39 is 17.9 Å². The van der Waals surface area contributed by atoms with Crippen LogP contribution in [0.3, 0.4) is 0 Å². The number of hydrogen-bond acceptors (Lipinski definition) is 3. The highest BCUT2D eigenvalue weighted by atomic mass is 19.1. The molecular formula is C27H41FO3. The number of halogens is 1. The summed E-state index contributed by atoms with van der Waals surface area (Å²) < 4.78 is 16.0. The number of allylic oxidation sites excluding steroid dienone is 3. The number of aliphatic hydroxyl groups is 3. The summed E-state index contributed by atoms with van der Waals surface area (Å²) in [5.41, 5.74) is 1.76. The smallest absolute Gasteiger partial charge is 0.111 e. The third-order valence-corrected chi connectivity index (χ3v) is 9.05. The fourth-order valence-electron chi connectivity index (χ4n) is 7.01. The molecular weight excluding hydrogens is 391 g/mol. The van der Waals surface area contributed by atoms with Crippen molar-refractivity contribution in [3.63, 3.8) is 0 Å². The van der Waals surface area contributed by atoms with Crippen molar-refractivity contribution in [3.8, 4) is 0 Å². The highest BCUT2D eigenvalue weighted by Gasteiger charge is 2.55. The molecule has 0 aliphatic heterocycles. The second-order valence-corrected chi connectivity index (χ2v) is 11.3. The van der Waals surface area contributed by atoms with Crippen LogP contribution in [0.2, 0.25) is 0 Å². The molecule has 3 N–H and O–H groups in total. The Morgan fingerprint density at radius 3 is 2.68 bits per heavy atom. The van der Waals surface area contributed by atoms with Gasteiger partial charge in [-0.3, -0.25) is 0 Å². The Balaban J connectivity index is 1.48. The van der Waals surface area contributed by atoms with Crippen LogP contribution in [0, 0.1) is 23.2 Å².